The summed E-state index contributed by atoms with van der Waals surface area (Å²) in [5, 5.41) is 10.0. The Balaban J connectivity index is 1.54. The van der Waals surface area contributed by atoms with Crippen molar-refractivity contribution >= 4 is 23.3 Å². The van der Waals surface area contributed by atoms with Crippen LogP contribution in [-0.2, 0) is 11.3 Å². The minimum absolute atomic E-state index is 0.163. The second-order valence-electron chi connectivity index (χ2n) is 6.09. The summed E-state index contributed by atoms with van der Waals surface area (Å²) in [7, 11) is 0. The Morgan fingerprint density at radius 2 is 1.68 bits per heavy atom. The second kappa shape index (κ2) is 9.66. The summed E-state index contributed by atoms with van der Waals surface area (Å²) in [6.45, 7) is 0.214. The van der Waals surface area contributed by atoms with Gasteiger partial charge in [0, 0.05) is 11.4 Å². The van der Waals surface area contributed by atoms with Crippen LogP contribution in [0.4, 0.5) is 9.18 Å². The summed E-state index contributed by atoms with van der Waals surface area (Å²) in [5.74, 6) is -0.672. The quantitative estimate of drug-likeness (QED) is 0.570. The van der Waals surface area contributed by atoms with E-state index >= 15 is 0 Å². The number of rotatable bonds is 7. The van der Waals surface area contributed by atoms with Gasteiger partial charge in [0.1, 0.15) is 5.82 Å². The van der Waals surface area contributed by atoms with Crippen LogP contribution in [0.3, 0.4) is 0 Å². The zero-order valence-electron chi connectivity index (χ0n) is 15.0. The largest absolute Gasteiger partial charge is 0.343 e. The number of nitrogens with one attached hydrogen (secondary N) is 3. The van der Waals surface area contributed by atoms with Crippen molar-refractivity contribution in [2.75, 3.05) is 6.54 Å². The first kappa shape index (κ1) is 19.6. The molecule has 5 nitrogen and oxygen atoms in total. The van der Waals surface area contributed by atoms with Gasteiger partial charge in [0.2, 0.25) is 5.91 Å². The van der Waals surface area contributed by atoms with Crippen LogP contribution in [0, 0.1) is 5.82 Å². The molecule has 7 heteroatoms. The molecule has 0 aliphatic heterocycles. The van der Waals surface area contributed by atoms with E-state index in [0.717, 1.165) is 16.0 Å². The molecular formula is C21H20FN3O2S. The summed E-state index contributed by atoms with van der Waals surface area (Å²) < 4.78 is 13.2. The monoisotopic (exact) mass is 397 g/mol. The molecule has 144 valence electrons. The van der Waals surface area contributed by atoms with E-state index in [9.17, 15) is 14.0 Å². The molecule has 0 saturated heterocycles. The van der Waals surface area contributed by atoms with Crippen molar-refractivity contribution in [3.8, 4) is 0 Å². The standard InChI is InChI=1S/C21H20FN3O2S/c22-17-10-8-16(9-11-17)20(18-7-4-12-28-18)25-19(26)14-24-21(27)23-13-15-5-2-1-3-6-15/h1-12,20H,13-14H2,(H,25,26)(H2,23,24,27). The maximum absolute atomic E-state index is 13.2. The number of amides is 3. The molecule has 3 aromatic rings. The SMILES string of the molecule is O=C(CNC(=O)NCc1ccccc1)NC(c1ccc(F)cc1)c1cccs1. The average molecular weight is 397 g/mol. The van der Waals surface area contributed by atoms with Crippen molar-refractivity contribution in [3.05, 3.63) is 93.9 Å². The van der Waals surface area contributed by atoms with Gasteiger partial charge in [0.25, 0.3) is 0 Å². The lowest BCUT2D eigenvalue weighted by molar-refractivity contribution is -0.120. The summed E-state index contributed by atoms with van der Waals surface area (Å²) in [6.07, 6.45) is 0. The van der Waals surface area contributed by atoms with Gasteiger partial charge in [-0.3, -0.25) is 4.79 Å². The van der Waals surface area contributed by atoms with Gasteiger partial charge in [0.15, 0.2) is 0 Å². The Hall–Kier alpha value is -3.19. The first-order valence-corrected chi connectivity index (χ1v) is 9.63. The number of carbonyl (C=O) groups excluding carboxylic acids is 2. The predicted molar refractivity (Wildman–Crippen MR) is 107 cm³/mol. The molecule has 2 aromatic carbocycles. The van der Waals surface area contributed by atoms with Gasteiger partial charge in [-0.25, -0.2) is 9.18 Å². The normalized spacial score (nSPS) is 11.5. The molecule has 0 aliphatic carbocycles. The van der Waals surface area contributed by atoms with Crippen LogP contribution in [0.5, 0.6) is 0 Å². The van der Waals surface area contributed by atoms with Gasteiger partial charge < -0.3 is 16.0 Å². The van der Waals surface area contributed by atoms with Gasteiger partial charge in [-0.05, 0) is 34.7 Å². The van der Waals surface area contributed by atoms with Crippen LogP contribution >= 0.6 is 11.3 Å². The molecule has 0 spiro atoms. The van der Waals surface area contributed by atoms with Crippen molar-refractivity contribution in [2.45, 2.75) is 12.6 Å². The molecule has 1 unspecified atom stereocenters. The van der Waals surface area contributed by atoms with E-state index in [1.54, 1.807) is 12.1 Å². The fraction of sp³-hybridized carbons (Fsp3) is 0.143. The molecule has 1 heterocycles. The smallest absolute Gasteiger partial charge is 0.315 e. The number of carbonyl (C=O) groups is 2. The molecule has 0 fully saturated rings. The number of urea groups is 1. The van der Waals surface area contributed by atoms with Crippen LogP contribution in [0.2, 0.25) is 0 Å². The third kappa shape index (κ3) is 5.65. The molecule has 3 amide bonds. The first-order valence-electron chi connectivity index (χ1n) is 8.75. The molecular weight excluding hydrogens is 377 g/mol. The summed E-state index contributed by atoms with van der Waals surface area (Å²) in [5.41, 5.74) is 1.74. The Morgan fingerprint density at radius 1 is 0.929 bits per heavy atom. The van der Waals surface area contributed by atoms with Crippen molar-refractivity contribution < 1.29 is 14.0 Å². The van der Waals surface area contributed by atoms with Crippen molar-refractivity contribution in [1.29, 1.82) is 0 Å². The fourth-order valence-electron chi connectivity index (χ4n) is 2.64. The van der Waals surface area contributed by atoms with Crippen LogP contribution in [0.15, 0.2) is 72.1 Å². The molecule has 0 bridgehead atoms. The molecule has 0 radical (unpaired) electrons. The van der Waals surface area contributed by atoms with E-state index in [1.165, 1.54) is 23.5 Å². The minimum Gasteiger partial charge on any atom is -0.343 e. The fourth-order valence-corrected chi connectivity index (χ4v) is 3.45. The Morgan fingerprint density at radius 3 is 2.36 bits per heavy atom. The highest BCUT2D eigenvalue weighted by atomic mass is 32.1. The van der Waals surface area contributed by atoms with E-state index in [4.69, 9.17) is 0 Å². The number of benzene rings is 2. The van der Waals surface area contributed by atoms with Crippen LogP contribution in [0.1, 0.15) is 22.0 Å². The maximum atomic E-state index is 13.2. The maximum Gasteiger partial charge on any atom is 0.315 e. The van der Waals surface area contributed by atoms with Crippen molar-refractivity contribution in [3.63, 3.8) is 0 Å². The van der Waals surface area contributed by atoms with Gasteiger partial charge in [-0.1, -0.05) is 48.5 Å². The molecule has 1 aromatic heterocycles. The topological polar surface area (TPSA) is 70.2 Å². The molecule has 1 atom stereocenters. The summed E-state index contributed by atoms with van der Waals surface area (Å²) in [4.78, 5) is 25.2. The number of hydrogen-bond donors (Lipinski definition) is 3. The predicted octanol–water partition coefficient (Wildman–Crippen LogP) is 3.59. The number of thiophene rings is 1. The second-order valence-corrected chi connectivity index (χ2v) is 7.07. The van der Waals surface area contributed by atoms with Crippen LogP contribution < -0.4 is 16.0 Å². The minimum atomic E-state index is -0.423. The van der Waals surface area contributed by atoms with Crippen molar-refractivity contribution in [2.24, 2.45) is 0 Å². The number of halogens is 1. The van der Waals surface area contributed by atoms with E-state index < -0.39 is 12.1 Å². The highest BCUT2D eigenvalue weighted by molar-refractivity contribution is 7.10. The first-order chi connectivity index (χ1) is 13.6. The lowest BCUT2D eigenvalue weighted by atomic mass is 10.1. The average Bonchev–Trinajstić information content (AvgIpc) is 3.25. The molecule has 0 saturated carbocycles. The van der Waals surface area contributed by atoms with Gasteiger partial charge in [0.05, 0.1) is 12.6 Å². The molecule has 3 rings (SSSR count). The highest BCUT2D eigenvalue weighted by Gasteiger charge is 2.18. The van der Waals surface area contributed by atoms with Crippen LogP contribution in [-0.4, -0.2) is 18.5 Å². The third-order valence-electron chi connectivity index (χ3n) is 4.04. The summed E-state index contributed by atoms with van der Waals surface area (Å²) in [6, 6.07) is 18.5. The van der Waals surface area contributed by atoms with E-state index in [2.05, 4.69) is 16.0 Å². The zero-order chi connectivity index (χ0) is 19.8. The highest BCUT2D eigenvalue weighted by Crippen LogP contribution is 2.26. The molecule has 0 aliphatic rings. The molecule has 28 heavy (non-hydrogen) atoms. The van der Waals surface area contributed by atoms with Gasteiger partial charge in [-0.15, -0.1) is 11.3 Å². The van der Waals surface area contributed by atoms with E-state index in [-0.39, 0.29) is 18.3 Å². The Kier molecular flexibility index (Phi) is 6.75. The third-order valence-corrected chi connectivity index (χ3v) is 4.98. The lowest BCUT2D eigenvalue weighted by Crippen LogP contribution is -2.42. The lowest BCUT2D eigenvalue weighted by Gasteiger charge is -2.18. The van der Waals surface area contributed by atoms with E-state index in [1.807, 2.05) is 47.8 Å². The van der Waals surface area contributed by atoms with E-state index in [0.29, 0.717) is 6.54 Å². The Bertz CT molecular complexity index is 899. The van der Waals surface area contributed by atoms with Crippen molar-refractivity contribution in [1.82, 2.24) is 16.0 Å². The van der Waals surface area contributed by atoms with Gasteiger partial charge in [-0.2, -0.15) is 0 Å². The number of hydrogen-bond acceptors (Lipinski definition) is 3. The van der Waals surface area contributed by atoms with Gasteiger partial charge >= 0.3 is 6.03 Å². The Labute approximate surface area is 166 Å². The van der Waals surface area contributed by atoms with Crippen LogP contribution in [0.25, 0.3) is 0 Å². The summed E-state index contributed by atoms with van der Waals surface area (Å²) >= 11 is 1.49. The molecule has 3 N–H and O–H groups in total. The zero-order valence-corrected chi connectivity index (χ0v) is 15.8.